The number of halogens is 1. The van der Waals surface area contributed by atoms with Gasteiger partial charge in [0.25, 0.3) is 0 Å². The number of hydrogen-bond donors (Lipinski definition) is 3. The maximum atomic E-state index is 12.8. The van der Waals surface area contributed by atoms with Gasteiger partial charge < -0.3 is 15.4 Å². The quantitative estimate of drug-likeness (QED) is 0.267. The first kappa shape index (κ1) is 23.7. The Balaban J connectivity index is 1.54. The second-order valence-electron chi connectivity index (χ2n) is 7.23. The summed E-state index contributed by atoms with van der Waals surface area (Å²) in [7, 11) is -4.06. The van der Waals surface area contributed by atoms with E-state index >= 15 is 0 Å². The molecule has 0 spiro atoms. The zero-order valence-corrected chi connectivity index (χ0v) is 20.0. The number of anilines is 2. The summed E-state index contributed by atoms with van der Waals surface area (Å²) < 4.78 is 34.9. The van der Waals surface area contributed by atoms with Crippen molar-refractivity contribution in [1.82, 2.24) is 24.5 Å². The van der Waals surface area contributed by atoms with Crippen molar-refractivity contribution < 1.29 is 13.2 Å². The lowest BCUT2D eigenvalue weighted by Crippen LogP contribution is -2.23. The minimum Gasteiger partial charge on any atom is -0.488 e. The van der Waals surface area contributed by atoms with Gasteiger partial charge in [-0.15, -0.1) is 4.09 Å². The van der Waals surface area contributed by atoms with Gasteiger partial charge >= 0.3 is 10.2 Å². The number of likely N-dealkylation sites (N-methyl/N-ethyl adjacent to an activating group) is 1. The van der Waals surface area contributed by atoms with E-state index in [2.05, 4.69) is 37.3 Å². The normalized spacial score (nSPS) is 11.5. The molecule has 0 aliphatic carbocycles. The minimum atomic E-state index is -4.06. The number of fused-ring (bicyclic) bond motifs is 1. The molecule has 34 heavy (non-hydrogen) atoms. The average molecular weight is 502 g/mol. The zero-order valence-electron chi connectivity index (χ0n) is 18.4. The molecule has 0 saturated heterocycles. The van der Waals surface area contributed by atoms with Crippen LogP contribution in [-0.2, 0) is 16.8 Å². The highest BCUT2D eigenvalue weighted by molar-refractivity contribution is 7.91. The Kier molecular flexibility index (Phi) is 7.46. The van der Waals surface area contributed by atoms with Crippen molar-refractivity contribution in [3.05, 3.63) is 71.6 Å². The zero-order chi connectivity index (χ0) is 24.0. The van der Waals surface area contributed by atoms with Gasteiger partial charge in [0, 0.05) is 41.8 Å². The van der Waals surface area contributed by atoms with E-state index in [9.17, 15) is 8.42 Å². The van der Waals surface area contributed by atoms with E-state index in [-0.39, 0.29) is 12.6 Å². The van der Waals surface area contributed by atoms with Gasteiger partial charge in [0.15, 0.2) is 0 Å². The summed E-state index contributed by atoms with van der Waals surface area (Å²) >= 11 is 6.18. The van der Waals surface area contributed by atoms with Crippen molar-refractivity contribution in [2.24, 2.45) is 0 Å². The van der Waals surface area contributed by atoms with Crippen molar-refractivity contribution in [3.63, 3.8) is 0 Å². The third kappa shape index (κ3) is 5.56. The second-order valence-corrected chi connectivity index (χ2v) is 9.16. The molecule has 10 nitrogen and oxygen atoms in total. The van der Waals surface area contributed by atoms with E-state index in [1.807, 2.05) is 12.1 Å². The van der Waals surface area contributed by atoms with Gasteiger partial charge in [-0.3, -0.25) is 0 Å². The van der Waals surface area contributed by atoms with E-state index < -0.39 is 10.2 Å². The van der Waals surface area contributed by atoms with Crippen LogP contribution in [0.4, 0.5) is 11.6 Å². The van der Waals surface area contributed by atoms with Crippen LogP contribution in [0, 0.1) is 0 Å². The number of nitrogens with zero attached hydrogens (tertiary/aromatic N) is 4. The summed E-state index contributed by atoms with van der Waals surface area (Å²) in [5.74, 6) is 0.457. The fraction of sp³-hybridized carbons (Fsp3) is 0.227. The summed E-state index contributed by atoms with van der Waals surface area (Å²) in [6, 6.07) is 12.3. The molecule has 4 aromatic rings. The fourth-order valence-corrected chi connectivity index (χ4v) is 4.47. The Labute approximate surface area is 202 Å². The first-order valence-electron chi connectivity index (χ1n) is 10.6. The third-order valence-corrected chi connectivity index (χ3v) is 6.30. The molecule has 0 saturated carbocycles. The lowest BCUT2D eigenvalue weighted by molar-refractivity contribution is 0.310. The number of benzene rings is 2. The summed E-state index contributed by atoms with van der Waals surface area (Å²) in [5.41, 5.74) is 2.16. The van der Waals surface area contributed by atoms with E-state index in [0.717, 1.165) is 35.0 Å². The van der Waals surface area contributed by atoms with Crippen LogP contribution in [0.5, 0.6) is 5.75 Å². The molecular weight excluding hydrogens is 478 g/mol. The largest absolute Gasteiger partial charge is 0.488 e. The molecule has 178 valence electrons. The molecule has 0 fully saturated rings. The molecule has 4 rings (SSSR count). The molecule has 0 bridgehead atoms. The van der Waals surface area contributed by atoms with Crippen LogP contribution in [0.25, 0.3) is 10.9 Å². The van der Waals surface area contributed by atoms with Crippen LogP contribution in [-0.4, -0.2) is 47.2 Å². The SMILES string of the molecule is CCNCCNc1cc(Cl)ccc1COc1cccc2c1cnn2S(=O)(=O)Nc1ncccn1. The van der Waals surface area contributed by atoms with Crippen LogP contribution in [0.1, 0.15) is 12.5 Å². The number of ether oxygens (including phenoxy) is 1. The number of hydrogen-bond acceptors (Lipinski definition) is 8. The van der Waals surface area contributed by atoms with Gasteiger partial charge in [-0.25, -0.2) is 14.7 Å². The highest BCUT2D eigenvalue weighted by Crippen LogP contribution is 2.29. The van der Waals surface area contributed by atoms with Crippen molar-refractivity contribution in [2.45, 2.75) is 13.5 Å². The number of nitrogens with one attached hydrogen (secondary N) is 3. The minimum absolute atomic E-state index is 0.0459. The van der Waals surface area contributed by atoms with Crippen LogP contribution in [0.2, 0.25) is 5.02 Å². The highest BCUT2D eigenvalue weighted by atomic mass is 35.5. The van der Waals surface area contributed by atoms with E-state index in [4.69, 9.17) is 16.3 Å². The molecule has 2 aromatic carbocycles. The van der Waals surface area contributed by atoms with Gasteiger partial charge in [0.05, 0.1) is 17.1 Å². The van der Waals surface area contributed by atoms with Crippen molar-refractivity contribution in [1.29, 1.82) is 0 Å². The molecule has 2 heterocycles. The number of rotatable bonds is 11. The van der Waals surface area contributed by atoms with Gasteiger partial charge in [0.2, 0.25) is 5.95 Å². The standard InChI is InChI=1S/C22H24ClN7O3S/c1-2-24-11-12-25-19-13-17(23)8-7-16(19)15-33-21-6-3-5-20-18(21)14-28-30(20)34(31,32)29-22-26-9-4-10-27-22/h3-10,13-14,24-25H,2,11-12,15H2,1H3,(H,26,27,29). The van der Waals surface area contributed by atoms with Gasteiger partial charge in [0.1, 0.15) is 12.4 Å². The smallest absolute Gasteiger partial charge is 0.345 e. The summed E-state index contributed by atoms with van der Waals surface area (Å²) in [6.45, 7) is 4.76. The molecule has 0 radical (unpaired) electrons. The van der Waals surface area contributed by atoms with Crippen molar-refractivity contribution in [2.75, 3.05) is 29.7 Å². The number of aromatic nitrogens is 4. The lowest BCUT2D eigenvalue weighted by Gasteiger charge is -2.14. The van der Waals surface area contributed by atoms with Crippen molar-refractivity contribution in [3.8, 4) is 5.75 Å². The average Bonchev–Trinajstić information content (AvgIpc) is 3.28. The van der Waals surface area contributed by atoms with Crippen molar-refractivity contribution >= 4 is 44.3 Å². The predicted molar refractivity (Wildman–Crippen MR) is 133 cm³/mol. The van der Waals surface area contributed by atoms with Gasteiger partial charge in [-0.1, -0.05) is 30.7 Å². The Morgan fingerprint density at radius 3 is 2.71 bits per heavy atom. The topological polar surface area (TPSA) is 123 Å². The molecule has 0 amide bonds. The monoisotopic (exact) mass is 501 g/mol. The Hall–Kier alpha value is -3.41. The lowest BCUT2D eigenvalue weighted by atomic mass is 10.2. The summed E-state index contributed by atoms with van der Waals surface area (Å²) in [4.78, 5) is 7.79. The van der Waals surface area contributed by atoms with Gasteiger partial charge in [-0.05, 0) is 36.9 Å². The molecule has 3 N–H and O–H groups in total. The molecule has 0 aliphatic rings. The first-order valence-corrected chi connectivity index (χ1v) is 12.4. The molecular formula is C22H24ClN7O3S. The third-order valence-electron chi connectivity index (χ3n) is 4.88. The second kappa shape index (κ2) is 10.7. The van der Waals surface area contributed by atoms with E-state index in [0.29, 0.717) is 21.7 Å². The molecule has 2 aromatic heterocycles. The summed E-state index contributed by atoms with van der Waals surface area (Å²) in [6.07, 6.45) is 4.34. The van der Waals surface area contributed by atoms with E-state index in [1.165, 1.54) is 18.6 Å². The predicted octanol–water partition coefficient (Wildman–Crippen LogP) is 3.29. The maximum Gasteiger partial charge on any atom is 0.345 e. The summed E-state index contributed by atoms with van der Waals surface area (Å²) in [5, 5.41) is 11.9. The maximum absolute atomic E-state index is 12.8. The van der Waals surface area contributed by atoms with Crippen LogP contribution in [0.3, 0.4) is 0 Å². The van der Waals surface area contributed by atoms with Crippen LogP contribution in [0.15, 0.2) is 61.1 Å². The Morgan fingerprint density at radius 1 is 1.09 bits per heavy atom. The van der Waals surface area contributed by atoms with Crippen LogP contribution >= 0.6 is 11.6 Å². The Morgan fingerprint density at radius 2 is 1.91 bits per heavy atom. The Bertz CT molecular complexity index is 1360. The first-order chi connectivity index (χ1) is 16.5. The van der Waals surface area contributed by atoms with Gasteiger partial charge in [-0.2, -0.15) is 13.5 Å². The molecule has 0 atom stereocenters. The van der Waals surface area contributed by atoms with E-state index in [1.54, 1.807) is 30.3 Å². The highest BCUT2D eigenvalue weighted by Gasteiger charge is 2.20. The molecule has 12 heteroatoms. The molecule has 0 aliphatic heterocycles. The molecule has 0 unspecified atom stereocenters. The fourth-order valence-electron chi connectivity index (χ4n) is 3.29. The van der Waals surface area contributed by atoms with Crippen LogP contribution < -0.4 is 20.1 Å².